The van der Waals surface area contributed by atoms with Crippen LogP contribution in [0, 0.1) is 5.92 Å². The molecule has 1 amide bonds. The quantitative estimate of drug-likeness (QED) is 0.605. The van der Waals surface area contributed by atoms with Crippen LogP contribution in [0.5, 0.6) is 0 Å². The first kappa shape index (κ1) is 11.5. The lowest BCUT2D eigenvalue weighted by atomic mass is 10.0. The van der Waals surface area contributed by atoms with E-state index >= 15 is 0 Å². The molecule has 4 nitrogen and oxygen atoms in total. The Balaban J connectivity index is 1.90. The van der Waals surface area contributed by atoms with Crippen LogP contribution < -0.4 is 11.1 Å². The number of amides is 1. The highest BCUT2D eigenvalue weighted by Crippen LogP contribution is 2.12. The smallest absolute Gasteiger partial charge is 0.217 e. The van der Waals surface area contributed by atoms with Crippen molar-refractivity contribution in [3.05, 3.63) is 0 Å². The molecule has 1 heterocycles. The molecule has 0 spiro atoms. The van der Waals surface area contributed by atoms with Gasteiger partial charge in [0.2, 0.25) is 5.91 Å². The van der Waals surface area contributed by atoms with Gasteiger partial charge >= 0.3 is 0 Å². The van der Waals surface area contributed by atoms with Gasteiger partial charge in [-0.15, -0.1) is 0 Å². The first-order valence-electron chi connectivity index (χ1n) is 5.36. The molecule has 1 saturated heterocycles. The minimum absolute atomic E-state index is 0.210. The summed E-state index contributed by atoms with van der Waals surface area (Å²) in [6.07, 6.45) is 3.64. The number of nitrogens with two attached hydrogens (primary N) is 1. The van der Waals surface area contributed by atoms with E-state index in [1.165, 1.54) is 0 Å². The standard InChI is InChI=1S/C10H20N2O2/c11-10(13)2-1-5-12-8-9-3-6-14-7-4-9/h9,12H,1-8H2,(H2,11,13). The Labute approximate surface area is 85.2 Å². The highest BCUT2D eigenvalue weighted by atomic mass is 16.5. The predicted molar refractivity (Wildman–Crippen MR) is 54.8 cm³/mol. The van der Waals surface area contributed by atoms with Gasteiger partial charge in [0.05, 0.1) is 0 Å². The van der Waals surface area contributed by atoms with Crippen LogP contribution in [0.15, 0.2) is 0 Å². The summed E-state index contributed by atoms with van der Waals surface area (Å²) < 4.78 is 5.27. The molecule has 0 saturated carbocycles. The monoisotopic (exact) mass is 200 g/mol. The first-order valence-corrected chi connectivity index (χ1v) is 5.36. The molecule has 82 valence electrons. The molecule has 0 aromatic rings. The third-order valence-corrected chi connectivity index (χ3v) is 2.55. The van der Waals surface area contributed by atoms with Gasteiger partial charge in [0.1, 0.15) is 0 Å². The molecule has 0 unspecified atom stereocenters. The second-order valence-electron chi connectivity index (χ2n) is 3.83. The Morgan fingerprint density at radius 3 is 2.79 bits per heavy atom. The Bertz CT molecular complexity index is 168. The summed E-state index contributed by atoms with van der Waals surface area (Å²) in [4.78, 5) is 10.4. The highest BCUT2D eigenvalue weighted by Gasteiger charge is 2.12. The molecule has 1 aliphatic rings. The second kappa shape index (κ2) is 6.79. The summed E-state index contributed by atoms with van der Waals surface area (Å²) in [5, 5.41) is 3.35. The summed E-state index contributed by atoms with van der Waals surface area (Å²) in [6.45, 7) is 3.73. The number of ether oxygens (including phenoxy) is 1. The predicted octanol–water partition coefficient (Wildman–Crippen LogP) is 0.268. The van der Waals surface area contributed by atoms with Gasteiger partial charge in [-0.1, -0.05) is 0 Å². The normalized spacial score (nSPS) is 18.3. The van der Waals surface area contributed by atoms with Gasteiger partial charge in [0.25, 0.3) is 0 Å². The van der Waals surface area contributed by atoms with Crippen molar-refractivity contribution in [2.24, 2.45) is 11.7 Å². The number of carbonyl (C=O) groups excluding carboxylic acids is 1. The van der Waals surface area contributed by atoms with Crippen molar-refractivity contribution in [2.75, 3.05) is 26.3 Å². The van der Waals surface area contributed by atoms with Crippen LogP contribution in [0.1, 0.15) is 25.7 Å². The Kier molecular flexibility index (Phi) is 5.56. The molecular formula is C10H20N2O2. The molecule has 4 heteroatoms. The van der Waals surface area contributed by atoms with E-state index in [-0.39, 0.29) is 5.91 Å². The molecule has 0 atom stereocenters. The molecule has 0 aromatic carbocycles. The van der Waals surface area contributed by atoms with Crippen molar-refractivity contribution in [3.8, 4) is 0 Å². The maximum atomic E-state index is 10.4. The Hall–Kier alpha value is -0.610. The maximum absolute atomic E-state index is 10.4. The van der Waals surface area contributed by atoms with Crippen LogP contribution in [0.25, 0.3) is 0 Å². The minimum Gasteiger partial charge on any atom is -0.381 e. The Morgan fingerprint density at radius 1 is 1.43 bits per heavy atom. The van der Waals surface area contributed by atoms with Crippen molar-refractivity contribution >= 4 is 5.91 Å². The zero-order chi connectivity index (χ0) is 10.2. The van der Waals surface area contributed by atoms with E-state index in [4.69, 9.17) is 10.5 Å². The van der Waals surface area contributed by atoms with Crippen molar-refractivity contribution in [3.63, 3.8) is 0 Å². The van der Waals surface area contributed by atoms with Crippen molar-refractivity contribution in [2.45, 2.75) is 25.7 Å². The fourth-order valence-corrected chi connectivity index (χ4v) is 1.64. The lowest BCUT2D eigenvalue weighted by molar-refractivity contribution is -0.118. The summed E-state index contributed by atoms with van der Waals surface area (Å²) in [7, 11) is 0. The number of carbonyl (C=O) groups is 1. The summed E-state index contributed by atoms with van der Waals surface area (Å²) in [5.74, 6) is 0.537. The molecule has 3 N–H and O–H groups in total. The summed E-state index contributed by atoms with van der Waals surface area (Å²) >= 11 is 0. The number of hydrogen-bond donors (Lipinski definition) is 2. The topological polar surface area (TPSA) is 64.4 Å². The van der Waals surface area contributed by atoms with Gasteiger partial charge in [-0.3, -0.25) is 4.79 Å². The van der Waals surface area contributed by atoms with Crippen LogP contribution in [-0.2, 0) is 9.53 Å². The van der Waals surface area contributed by atoms with Gasteiger partial charge in [0, 0.05) is 19.6 Å². The highest BCUT2D eigenvalue weighted by molar-refractivity contribution is 5.73. The van der Waals surface area contributed by atoms with Gasteiger partial charge in [0.15, 0.2) is 0 Å². The van der Waals surface area contributed by atoms with E-state index in [9.17, 15) is 4.79 Å². The van der Waals surface area contributed by atoms with Crippen LogP contribution in [0.3, 0.4) is 0 Å². The minimum atomic E-state index is -0.210. The number of primary amides is 1. The van der Waals surface area contributed by atoms with Crippen molar-refractivity contribution < 1.29 is 9.53 Å². The van der Waals surface area contributed by atoms with Crippen molar-refractivity contribution in [1.29, 1.82) is 0 Å². The van der Waals surface area contributed by atoms with Crippen LogP contribution in [-0.4, -0.2) is 32.2 Å². The number of nitrogens with one attached hydrogen (secondary N) is 1. The molecule has 1 fully saturated rings. The average molecular weight is 200 g/mol. The lowest BCUT2D eigenvalue weighted by Crippen LogP contribution is -2.28. The van der Waals surface area contributed by atoms with Gasteiger partial charge < -0.3 is 15.8 Å². The van der Waals surface area contributed by atoms with Crippen LogP contribution in [0.4, 0.5) is 0 Å². The molecule has 0 aromatic heterocycles. The third kappa shape index (κ3) is 5.19. The van der Waals surface area contributed by atoms with E-state index in [1.807, 2.05) is 0 Å². The molecule has 14 heavy (non-hydrogen) atoms. The second-order valence-corrected chi connectivity index (χ2v) is 3.83. The average Bonchev–Trinajstić information content (AvgIpc) is 2.18. The van der Waals surface area contributed by atoms with E-state index in [0.717, 1.165) is 51.5 Å². The van der Waals surface area contributed by atoms with Crippen LogP contribution >= 0.6 is 0 Å². The fourth-order valence-electron chi connectivity index (χ4n) is 1.64. The largest absolute Gasteiger partial charge is 0.381 e. The number of rotatable bonds is 6. The zero-order valence-electron chi connectivity index (χ0n) is 8.63. The SMILES string of the molecule is NC(=O)CCCNCC1CCOCC1. The van der Waals surface area contributed by atoms with E-state index < -0.39 is 0 Å². The first-order chi connectivity index (χ1) is 6.79. The Morgan fingerprint density at radius 2 is 2.14 bits per heavy atom. The molecule has 0 aliphatic carbocycles. The number of hydrogen-bond acceptors (Lipinski definition) is 3. The third-order valence-electron chi connectivity index (χ3n) is 2.55. The van der Waals surface area contributed by atoms with Gasteiger partial charge in [-0.05, 0) is 38.3 Å². The molecule has 0 radical (unpaired) electrons. The van der Waals surface area contributed by atoms with Crippen molar-refractivity contribution in [1.82, 2.24) is 5.32 Å². The van der Waals surface area contributed by atoms with E-state index in [1.54, 1.807) is 0 Å². The van der Waals surface area contributed by atoms with Gasteiger partial charge in [-0.2, -0.15) is 0 Å². The molecule has 1 rings (SSSR count). The lowest BCUT2D eigenvalue weighted by Gasteiger charge is -2.22. The van der Waals surface area contributed by atoms with E-state index in [2.05, 4.69) is 5.32 Å². The van der Waals surface area contributed by atoms with Gasteiger partial charge in [-0.25, -0.2) is 0 Å². The summed E-state index contributed by atoms with van der Waals surface area (Å²) in [5.41, 5.74) is 5.03. The zero-order valence-corrected chi connectivity index (χ0v) is 8.63. The maximum Gasteiger partial charge on any atom is 0.217 e. The fraction of sp³-hybridized carbons (Fsp3) is 0.900. The summed E-state index contributed by atoms with van der Waals surface area (Å²) in [6, 6.07) is 0. The van der Waals surface area contributed by atoms with E-state index in [0.29, 0.717) is 6.42 Å². The van der Waals surface area contributed by atoms with Crippen LogP contribution in [0.2, 0.25) is 0 Å². The molecular weight excluding hydrogens is 180 g/mol. The molecule has 1 aliphatic heterocycles. The molecule has 0 bridgehead atoms.